The average molecular weight is 691 g/mol. The maximum atomic E-state index is 16.0. The molecule has 4 aromatic rings. The minimum absolute atomic E-state index is 0.00353. The maximum Gasteiger partial charge on any atom is 0.472 e. The van der Waals surface area contributed by atoms with E-state index in [0.717, 1.165) is 0 Å². The monoisotopic (exact) mass is 690 g/mol. The summed E-state index contributed by atoms with van der Waals surface area (Å²) in [4.78, 5) is 45.6. The second-order valence-electron chi connectivity index (χ2n) is 10.1. The van der Waals surface area contributed by atoms with Gasteiger partial charge in [-0.1, -0.05) is 0 Å². The van der Waals surface area contributed by atoms with E-state index in [1.807, 2.05) is 0 Å². The number of phosphoric acid groups is 1. The Morgan fingerprint density at radius 2 is 1.80 bits per heavy atom. The smallest absolute Gasteiger partial charge is 0.387 e. The molecule has 0 saturated carbocycles. The lowest BCUT2D eigenvalue weighted by molar-refractivity contribution is -0.0606. The number of aromatic nitrogens is 8. The molecule has 0 aliphatic carbocycles. The highest BCUT2D eigenvalue weighted by molar-refractivity contribution is 7.87. The van der Waals surface area contributed by atoms with Crippen LogP contribution in [-0.2, 0) is 32.1 Å². The number of nitrogens with zero attached hydrogens (tertiary/aromatic N) is 7. The van der Waals surface area contributed by atoms with Crippen molar-refractivity contribution >= 4 is 62.9 Å². The molecule has 2 bridgehead atoms. The van der Waals surface area contributed by atoms with Gasteiger partial charge in [-0.3, -0.25) is 28.0 Å². The molecule has 3 saturated heterocycles. The van der Waals surface area contributed by atoms with Gasteiger partial charge in [-0.15, -0.1) is 0 Å². The molecule has 242 valence electrons. The number of nitrogen functional groups attached to an aromatic ring is 2. The topological polar surface area (TPSA) is 272 Å². The van der Waals surface area contributed by atoms with Crippen LogP contribution in [0.5, 0.6) is 0 Å². The fraction of sp³-hybridized carbons (Fsp3) is 0.524. The molecule has 3 fully saturated rings. The summed E-state index contributed by atoms with van der Waals surface area (Å²) in [6.45, 7) is -1.08. The first kappa shape index (κ1) is 30.8. The Morgan fingerprint density at radius 3 is 2.58 bits per heavy atom. The first-order valence-corrected chi connectivity index (χ1v) is 16.7. The molecule has 9 unspecified atom stereocenters. The molecule has 24 heteroatoms. The van der Waals surface area contributed by atoms with E-state index in [-0.39, 0.29) is 39.6 Å². The van der Waals surface area contributed by atoms with E-state index in [4.69, 9.17) is 39.0 Å². The lowest BCUT2D eigenvalue weighted by Crippen LogP contribution is -2.35. The number of hydrogen-bond donors (Lipinski definition) is 6. The summed E-state index contributed by atoms with van der Waals surface area (Å²) in [7, 11) is -6.95. The number of fused-ring (bicyclic) bond motifs is 5. The molecule has 10 atom stereocenters. The quantitative estimate of drug-likeness (QED) is 0.119. The number of nitrogens with two attached hydrogens (primary N) is 2. The van der Waals surface area contributed by atoms with Crippen LogP contribution >= 0.6 is 28.8 Å². The summed E-state index contributed by atoms with van der Waals surface area (Å²) in [5, 5.41) is 11.2. The van der Waals surface area contributed by atoms with Gasteiger partial charge in [0.1, 0.15) is 42.4 Å². The number of anilines is 2. The van der Waals surface area contributed by atoms with Crippen LogP contribution in [-0.4, -0.2) is 104 Å². The van der Waals surface area contributed by atoms with Gasteiger partial charge in [0.05, 0.1) is 31.4 Å². The van der Waals surface area contributed by atoms with Crippen molar-refractivity contribution in [2.24, 2.45) is 0 Å². The van der Waals surface area contributed by atoms with Crippen molar-refractivity contribution in [2.75, 3.05) is 30.2 Å². The van der Waals surface area contributed by atoms with Gasteiger partial charge in [-0.05, 0) is 0 Å². The molecule has 4 aromatic heterocycles. The van der Waals surface area contributed by atoms with Crippen LogP contribution in [0.15, 0.2) is 23.8 Å². The lowest BCUT2D eigenvalue weighted by Gasteiger charge is -2.27. The SMILES string of the molecule is Nc1nc2c(ncn2C2OC3COP(=O)(O)OC4C(CO[P@@](CS)OC2C3O)OC(n2cnc3c(N)ncnc32)C4F)c(=O)[nH]1. The number of alkyl halides is 1. The zero-order valence-electron chi connectivity index (χ0n) is 22.6. The Kier molecular flexibility index (Phi) is 8.02. The highest BCUT2D eigenvalue weighted by Gasteiger charge is 2.53. The number of rotatable bonds is 3. The number of ether oxygens (including phenoxy) is 2. The van der Waals surface area contributed by atoms with Crippen molar-refractivity contribution in [3.63, 3.8) is 0 Å². The molecular weight excluding hydrogens is 665 g/mol. The molecule has 7 N–H and O–H groups in total. The molecule has 20 nitrogen and oxygen atoms in total. The molecule has 3 aliphatic rings. The molecule has 0 amide bonds. The van der Waals surface area contributed by atoms with E-state index in [9.17, 15) is 19.4 Å². The average Bonchev–Trinajstić information content (AvgIpc) is 3.75. The van der Waals surface area contributed by atoms with Crippen molar-refractivity contribution < 1.29 is 46.5 Å². The fourth-order valence-electron chi connectivity index (χ4n) is 5.31. The number of aliphatic hydroxyl groups excluding tert-OH is 1. The van der Waals surface area contributed by atoms with Gasteiger partial charge in [-0.25, -0.2) is 28.9 Å². The zero-order chi connectivity index (χ0) is 31.6. The third kappa shape index (κ3) is 5.48. The van der Waals surface area contributed by atoms with Crippen LogP contribution < -0.4 is 17.0 Å². The summed E-state index contributed by atoms with van der Waals surface area (Å²) >= 11 is 4.32. The second kappa shape index (κ2) is 11.7. The summed E-state index contributed by atoms with van der Waals surface area (Å²) in [5.74, 6) is -0.131. The van der Waals surface area contributed by atoms with Gasteiger partial charge in [-0.2, -0.15) is 17.6 Å². The summed E-state index contributed by atoms with van der Waals surface area (Å²) in [6.07, 6.45) is -7.83. The molecule has 45 heavy (non-hydrogen) atoms. The minimum Gasteiger partial charge on any atom is -0.387 e. The number of hydrogen-bond acceptors (Lipinski definition) is 17. The van der Waals surface area contributed by atoms with E-state index in [0.29, 0.717) is 0 Å². The van der Waals surface area contributed by atoms with Gasteiger partial charge in [0.15, 0.2) is 49.6 Å². The van der Waals surface area contributed by atoms with E-state index in [1.54, 1.807) is 0 Å². The number of aromatic amines is 1. The van der Waals surface area contributed by atoms with Crippen LogP contribution in [0.2, 0.25) is 0 Å². The van der Waals surface area contributed by atoms with Crippen molar-refractivity contribution in [3.05, 3.63) is 29.3 Å². The van der Waals surface area contributed by atoms with Crippen molar-refractivity contribution in [1.29, 1.82) is 0 Å². The molecule has 0 radical (unpaired) electrons. The largest absolute Gasteiger partial charge is 0.472 e. The second-order valence-corrected chi connectivity index (χ2v) is 13.8. The molecule has 0 spiro atoms. The fourth-order valence-corrected chi connectivity index (χ4v) is 7.73. The summed E-state index contributed by atoms with van der Waals surface area (Å²) in [5.41, 5.74) is 11.3. The van der Waals surface area contributed by atoms with E-state index < -0.39 is 84.1 Å². The van der Waals surface area contributed by atoms with Gasteiger partial charge in [0.2, 0.25) is 5.95 Å². The number of aliphatic hydroxyl groups is 1. The number of H-pyrrole nitrogens is 1. The first-order valence-electron chi connectivity index (χ1n) is 13.2. The maximum absolute atomic E-state index is 16.0. The van der Waals surface area contributed by atoms with E-state index in [1.165, 1.54) is 28.1 Å². The van der Waals surface area contributed by atoms with Crippen molar-refractivity contribution in [2.45, 2.75) is 49.1 Å². The highest BCUT2D eigenvalue weighted by Crippen LogP contribution is 2.53. The highest BCUT2D eigenvalue weighted by atomic mass is 32.1. The van der Waals surface area contributed by atoms with Crippen LogP contribution in [0.3, 0.4) is 0 Å². The number of thiol groups is 1. The third-order valence-corrected chi connectivity index (χ3v) is 10.2. The first-order chi connectivity index (χ1) is 21.5. The molecular formula is C21H25FN10O10P2S. The Labute approximate surface area is 257 Å². The van der Waals surface area contributed by atoms with Crippen LogP contribution in [0.4, 0.5) is 16.2 Å². The Morgan fingerprint density at radius 1 is 1.07 bits per heavy atom. The Balaban J connectivity index is 1.20. The van der Waals surface area contributed by atoms with Gasteiger partial charge >= 0.3 is 7.82 Å². The summed E-state index contributed by atoms with van der Waals surface area (Å²) in [6, 6.07) is 0. The van der Waals surface area contributed by atoms with Gasteiger partial charge < -0.3 is 40.0 Å². The minimum atomic E-state index is -5.01. The van der Waals surface area contributed by atoms with Crippen LogP contribution in [0, 0.1) is 0 Å². The zero-order valence-corrected chi connectivity index (χ0v) is 25.3. The normalized spacial score (nSPS) is 36.0. The predicted molar refractivity (Wildman–Crippen MR) is 153 cm³/mol. The van der Waals surface area contributed by atoms with Crippen molar-refractivity contribution in [3.8, 4) is 0 Å². The van der Waals surface area contributed by atoms with Gasteiger partial charge in [0, 0.05) is 0 Å². The van der Waals surface area contributed by atoms with Gasteiger partial charge in [0.25, 0.3) is 5.56 Å². The molecule has 0 aromatic carbocycles. The number of phosphoric ester groups is 1. The molecule has 7 rings (SSSR count). The standard InChI is InChI=1S/C21H25FN10O10P2S/c22-9-13-8(40-19(9)31-4-27-10-15(23)25-3-26-16(10)31)1-37-43(6-45)41-14-12(33)7(2-38-44(35,36)42-13)39-20(14)32-5-28-11-17(32)29-21(24)30-18(11)34/h3-5,7-9,12-14,19-20,33,45H,1-2,6H2,(H,35,36)(H2,23,25,26)(H3,24,29,30,34)/t7?,8?,9?,12?,13?,14?,19?,20?,43-/m1/s1. The van der Waals surface area contributed by atoms with Crippen molar-refractivity contribution in [1.82, 2.24) is 39.0 Å². The lowest BCUT2D eigenvalue weighted by atomic mass is 10.1. The Bertz CT molecular complexity index is 1850. The van der Waals surface area contributed by atoms with E-state index >= 15 is 4.39 Å². The Hall–Kier alpha value is -2.88. The van der Waals surface area contributed by atoms with Crippen LogP contribution in [0.1, 0.15) is 12.5 Å². The summed E-state index contributed by atoms with van der Waals surface area (Å²) < 4.78 is 66.1. The number of nitrogens with one attached hydrogen (secondary N) is 1. The van der Waals surface area contributed by atoms with E-state index in [2.05, 4.69) is 42.5 Å². The number of halogens is 1. The molecule has 7 heterocycles. The number of imidazole rings is 2. The third-order valence-electron chi connectivity index (χ3n) is 7.36. The molecule has 3 aliphatic heterocycles. The predicted octanol–water partition coefficient (Wildman–Crippen LogP) is -0.266. The van der Waals surface area contributed by atoms with Crippen LogP contribution in [0.25, 0.3) is 22.3 Å².